The Hall–Kier alpha value is -1.34. The molecule has 108 valence electrons. The van der Waals surface area contributed by atoms with Gasteiger partial charge in [-0.25, -0.2) is 4.98 Å². The standard InChI is InChI=1S/C13H16BrN3O2S/c1-10-15-9-13(16-10)20(18,19)17-12-6-2-4-11(8-12)5-3-7-14/h2,4,6,8-9,17H,3,5,7H2,1H3,(H,15,16). The van der Waals surface area contributed by atoms with Crippen molar-refractivity contribution in [1.82, 2.24) is 9.97 Å². The highest BCUT2D eigenvalue weighted by Gasteiger charge is 2.16. The number of imidazole rings is 1. The number of nitrogens with one attached hydrogen (secondary N) is 2. The molecule has 0 saturated carbocycles. The van der Waals surface area contributed by atoms with Crippen molar-refractivity contribution in [1.29, 1.82) is 0 Å². The number of hydrogen-bond acceptors (Lipinski definition) is 3. The molecule has 1 aromatic heterocycles. The van der Waals surface area contributed by atoms with E-state index in [1.165, 1.54) is 6.20 Å². The van der Waals surface area contributed by atoms with Crippen molar-refractivity contribution < 1.29 is 8.42 Å². The van der Waals surface area contributed by atoms with Gasteiger partial charge in [-0.2, -0.15) is 8.42 Å². The van der Waals surface area contributed by atoms with Gasteiger partial charge in [0, 0.05) is 11.0 Å². The van der Waals surface area contributed by atoms with E-state index in [0.29, 0.717) is 11.5 Å². The molecule has 0 bridgehead atoms. The summed E-state index contributed by atoms with van der Waals surface area (Å²) in [5.74, 6) is 0.566. The largest absolute Gasteiger partial charge is 0.332 e. The molecule has 0 aliphatic heterocycles. The van der Waals surface area contributed by atoms with Gasteiger partial charge in [-0.05, 0) is 37.5 Å². The first-order valence-electron chi connectivity index (χ1n) is 6.20. The lowest BCUT2D eigenvalue weighted by Gasteiger charge is -2.08. The predicted octanol–water partition coefficient (Wildman–Crippen LogP) is 2.85. The number of alkyl halides is 1. The monoisotopic (exact) mass is 357 g/mol. The van der Waals surface area contributed by atoms with E-state index in [1.807, 2.05) is 18.2 Å². The number of sulfonamides is 1. The Balaban J connectivity index is 2.17. The van der Waals surface area contributed by atoms with Crippen LogP contribution in [0.15, 0.2) is 35.5 Å². The van der Waals surface area contributed by atoms with Gasteiger partial charge < -0.3 is 4.98 Å². The van der Waals surface area contributed by atoms with Crippen LogP contribution in [-0.4, -0.2) is 23.7 Å². The lowest BCUT2D eigenvalue weighted by molar-refractivity contribution is 0.598. The second-order valence-corrected chi connectivity index (χ2v) is 6.88. The number of rotatable bonds is 6. The van der Waals surface area contributed by atoms with Crippen LogP contribution in [0.2, 0.25) is 0 Å². The zero-order valence-electron chi connectivity index (χ0n) is 11.1. The van der Waals surface area contributed by atoms with Gasteiger partial charge in [0.1, 0.15) is 5.82 Å². The summed E-state index contributed by atoms with van der Waals surface area (Å²) in [6.07, 6.45) is 3.23. The fraction of sp³-hybridized carbons (Fsp3) is 0.308. The number of aromatic nitrogens is 2. The van der Waals surface area contributed by atoms with E-state index in [2.05, 4.69) is 30.6 Å². The van der Waals surface area contributed by atoms with Crippen LogP contribution >= 0.6 is 15.9 Å². The van der Waals surface area contributed by atoms with E-state index in [1.54, 1.807) is 13.0 Å². The van der Waals surface area contributed by atoms with E-state index >= 15 is 0 Å². The Morgan fingerprint density at radius 2 is 2.20 bits per heavy atom. The van der Waals surface area contributed by atoms with Crippen LogP contribution in [0.5, 0.6) is 0 Å². The maximum Gasteiger partial charge on any atom is 0.278 e. The summed E-state index contributed by atoms with van der Waals surface area (Å²) < 4.78 is 26.9. The maximum atomic E-state index is 12.2. The molecule has 0 saturated heterocycles. The molecule has 20 heavy (non-hydrogen) atoms. The van der Waals surface area contributed by atoms with Gasteiger partial charge in [0.05, 0.1) is 6.20 Å². The number of anilines is 1. The molecular formula is C13H16BrN3O2S. The summed E-state index contributed by atoms with van der Waals surface area (Å²) in [5, 5.41) is 0.997. The molecular weight excluding hydrogens is 342 g/mol. The minimum Gasteiger partial charge on any atom is -0.332 e. The zero-order valence-corrected chi connectivity index (χ0v) is 13.5. The molecule has 0 fully saturated rings. The number of nitrogens with zero attached hydrogens (tertiary/aromatic N) is 1. The second kappa shape index (κ2) is 6.41. The fourth-order valence-electron chi connectivity index (χ4n) is 1.81. The highest BCUT2D eigenvalue weighted by Crippen LogP contribution is 2.17. The third-order valence-corrected chi connectivity index (χ3v) is 4.60. The molecule has 0 amide bonds. The minimum atomic E-state index is -3.61. The lowest BCUT2D eigenvalue weighted by Crippen LogP contribution is -2.13. The summed E-state index contributed by atoms with van der Waals surface area (Å²) in [5.41, 5.74) is 1.66. The maximum absolute atomic E-state index is 12.2. The predicted molar refractivity (Wildman–Crippen MR) is 82.7 cm³/mol. The van der Waals surface area contributed by atoms with E-state index in [4.69, 9.17) is 0 Å². The highest BCUT2D eigenvalue weighted by molar-refractivity contribution is 9.09. The molecule has 0 radical (unpaired) electrons. The first-order valence-corrected chi connectivity index (χ1v) is 8.81. The van der Waals surface area contributed by atoms with Crippen LogP contribution < -0.4 is 4.72 Å². The van der Waals surface area contributed by atoms with E-state index in [9.17, 15) is 8.42 Å². The smallest absolute Gasteiger partial charge is 0.278 e. The molecule has 0 unspecified atom stereocenters. The van der Waals surface area contributed by atoms with Crippen molar-refractivity contribution in [2.24, 2.45) is 0 Å². The molecule has 2 aromatic rings. The molecule has 2 N–H and O–H groups in total. The van der Waals surface area contributed by atoms with Gasteiger partial charge in [0.15, 0.2) is 5.03 Å². The van der Waals surface area contributed by atoms with Gasteiger partial charge in [0.2, 0.25) is 0 Å². The van der Waals surface area contributed by atoms with Crippen LogP contribution in [0.25, 0.3) is 0 Å². The zero-order chi connectivity index (χ0) is 14.6. The van der Waals surface area contributed by atoms with Crippen molar-refractivity contribution >= 4 is 31.6 Å². The number of halogens is 1. The van der Waals surface area contributed by atoms with Gasteiger partial charge in [0.25, 0.3) is 10.0 Å². The summed E-state index contributed by atoms with van der Waals surface area (Å²) in [7, 11) is -3.61. The van der Waals surface area contributed by atoms with Crippen molar-refractivity contribution in [2.45, 2.75) is 24.8 Å². The van der Waals surface area contributed by atoms with Gasteiger partial charge in [-0.1, -0.05) is 28.1 Å². The van der Waals surface area contributed by atoms with Gasteiger partial charge in [-0.3, -0.25) is 4.72 Å². The quantitative estimate of drug-likeness (QED) is 0.780. The molecule has 2 rings (SSSR count). The fourth-order valence-corrected chi connectivity index (χ4v) is 3.11. The van der Waals surface area contributed by atoms with Crippen LogP contribution in [0.1, 0.15) is 17.8 Å². The lowest BCUT2D eigenvalue weighted by atomic mass is 10.1. The summed E-state index contributed by atoms with van der Waals surface area (Å²) in [6, 6.07) is 7.42. The normalized spacial score (nSPS) is 11.5. The molecule has 7 heteroatoms. The Labute approximate surface area is 127 Å². The third-order valence-electron chi connectivity index (χ3n) is 2.75. The Kier molecular flexibility index (Phi) is 4.82. The van der Waals surface area contributed by atoms with Crippen molar-refractivity contribution in [3.63, 3.8) is 0 Å². The van der Waals surface area contributed by atoms with Crippen LogP contribution in [0.4, 0.5) is 5.69 Å². The molecule has 1 aromatic carbocycles. The molecule has 0 spiro atoms. The average molecular weight is 358 g/mol. The number of hydrogen-bond donors (Lipinski definition) is 2. The first kappa shape index (κ1) is 15.1. The van der Waals surface area contributed by atoms with E-state index in [-0.39, 0.29) is 5.03 Å². The summed E-state index contributed by atoms with van der Waals surface area (Å²) >= 11 is 3.38. The highest BCUT2D eigenvalue weighted by atomic mass is 79.9. The Bertz CT molecular complexity index is 682. The van der Waals surface area contributed by atoms with Crippen LogP contribution in [0, 0.1) is 6.92 Å². The van der Waals surface area contributed by atoms with E-state index < -0.39 is 10.0 Å². The van der Waals surface area contributed by atoms with Crippen molar-refractivity contribution in [3.8, 4) is 0 Å². The Morgan fingerprint density at radius 3 is 2.85 bits per heavy atom. The SMILES string of the molecule is Cc1ncc(S(=O)(=O)Nc2cccc(CCCBr)c2)[nH]1. The van der Waals surface area contributed by atoms with Crippen molar-refractivity contribution in [2.75, 3.05) is 10.1 Å². The van der Waals surface area contributed by atoms with Crippen LogP contribution in [-0.2, 0) is 16.4 Å². The number of aromatic amines is 1. The van der Waals surface area contributed by atoms with Crippen LogP contribution in [0.3, 0.4) is 0 Å². The third kappa shape index (κ3) is 3.83. The van der Waals surface area contributed by atoms with E-state index in [0.717, 1.165) is 23.7 Å². The van der Waals surface area contributed by atoms with Crippen molar-refractivity contribution in [3.05, 3.63) is 41.9 Å². The number of aryl methyl sites for hydroxylation is 2. The average Bonchev–Trinajstić information content (AvgIpc) is 2.84. The van der Waals surface area contributed by atoms with Gasteiger partial charge in [-0.15, -0.1) is 0 Å². The number of H-pyrrole nitrogens is 1. The topological polar surface area (TPSA) is 74.8 Å². The molecule has 0 aliphatic rings. The minimum absolute atomic E-state index is 0.0702. The molecule has 0 aliphatic carbocycles. The Morgan fingerprint density at radius 1 is 1.40 bits per heavy atom. The van der Waals surface area contributed by atoms with Gasteiger partial charge >= 0.3 is 0 Å². The molecule has 0 atom stereocenters. The molecule has 1 heterocycles. The second-order valence-electron chi connectivity index (χ2n) is 4.43. The summed E-state index contributed by atoms with van der Waals surface area (Å²) in [4.78, 5) is 6.62. The summed E-state index contributed by atoms with van der Waals surface area (Å²) in [6.45, 7) is 1.71. The first-order chi connectivity index (χ1) is 9.51. The number of benzene rings is 1. The molecule has 5 nitrogen and oxygen atoms in total.